The SMILES string of the molecule is COc1ccc(-c2nc3cnccn3c2Nc2ccc(C(=O)NC[C@@H]3CCCO3)cc2)cc1. The summed E-state index contributed by atoms with van der Waals surface area (Å²) in [4.78, 5) is 21.4. The fraction of sp³-hybridized carbons (Fsp3) is 0.240. The number of benzene rings is 2. The molecule has 2 aromatic carbocycles. The molecular formula is C25H25N5O3. The summed E-state index contributed by atoms with van der Waals surface area (Å²) in [6.45, 7) is 1.32. The highest BCUT2D eigenvalue weighted by molar-refractivity contribution is 5.94. The van der Waals surface area contributed by atoms with E-state index in [2.05, 4.69) is 15.6 Å². The van der Waals surface area contributed by atoms with E-state index >= 15 is 0 Å². The minimum atomic E-state index is -0.100. The van der Waals surface area contributed by atoms with Crippen molar-refractivity contribution in [2.75, 3.05) is 25.6 Å². The van der Waals surface area contributed by atoms with Gasteiger partial charge in [-0.2, -0.15) is 0 Å². The number of carbonyl (C=O) groups excluding carboxylic acids is 1. The molecule has 8 heteroatoms. The lowest BCUT2D eigenvalue weighted by atomic mass is 10.1. The molecular weight excluding hydrogens is 418 g/mol. The number of methoxy groups -OCH3 is 1. The van der Waals surface area contributed by atoms with Gasteiger partial charge in [-0.15, -0.1) is 0 Å². The Morgan fingerprint density at radius 3 is 2.73 bits per heavy atom. The van der Waals surface area contributed by atoms with Crippen molar-refractivity contribution in [3.05, 3.63) is 72.7 Å². The number of nitrogens with zero attached hydrogens (tertiary/aromatic N) is 3. The van der Waals surface area contributed by atoms with Gasteiger partial charge in [0.15, 0.2) is 5.65 Å². The first kappa shape index (κ1) is 21.0. The predicted octanol–water partition coefficient (Wildman–Crippen LogP) is 4.06. The minimum absolute atomic E-state index is 0.100. The van der Waals surface area contributed by atoms with Crippen molar-refractivity contribution in [1.82, 2.24) is 19.7 Å². The van der Waals surface area contributed by atoms with Crippen LogP contribution < -0.4 is 15.4 Å². The average Bonchev–Trinajstić information content (AvgIpc) is 3.51. The molecule has 1 amide bonds. The minimum Gasteiger partial charge on any atom is -0.497 e. The van der Waals surface area contributed by atoms with Gasteiger partial charge in [0.1, 0.15) is 17.3 Å². The molecule has 0 spiro atoms. The van der Waals surface area contributed by atoms with Gasteiger partial charge in [-0.3, -0.25) is 14.2 Å². The molecule has 4 aromatic rings. The molecule has 1 aliphatic heterocycles. The Labute approximate surface area is 191 Å². The lowest BCUT2D eigenvalue weighted by molar-refractivity contribution is 0.0858. The number of fused-ring (bicyclic) bond motifs is 1. The second-order valence-electron chi connectivity index (χ2n) is 7.89. The molecule has 3 heterocycles. The third kappa shape index (κ3) is 4.51. The van der Waals surface area contributed by atoms with Crippen LogP contribution in [0, 0.1) is 0 Å². The van der Waals surface area contributed by atoms with Gasteiger partial charge in [0.05, 0.1) is 19.4 Å². The zero-order valence-electron chi connectivity index (χ0n) is 18.3. The number of ether oxygens (including phenoxy) is 2. The molecule has 8 nitrogen and oxygen atoms in total. The molecule has 0 unspecified atom stereocenters. The Balaban J connectivity index is 1.37. The molecule has 5 rings (SSSR count). The van der Waals surface area contributed by atoms with Crippen molar-refractivity contribution < 1.29 is 14.3 Å². The molecule has 1 fully saturated rings. The second-order valence-corrected chi connectivity index (χ2v) is 7.89. The van der Waals surface area contributed by atoms with E-state index in [1.54, 1.807) is 19.5 Å². The highest BCUT2D eigenvalue weighted by atomic mass is 16.5. The van der Waals surface area contributed by atoms with Gasteiger partial charge in [0.25, 0.3) is 5.91 Å². The fourth-order valence-corrected chi connectivity index (χ4v) is 3.93. The Morgan fingerprint density at radius 2 is 2.00 bits per heavy atom. The van der Waals surface area contributed by atoms with E-state index in [0.29, 0.717) is 12.1 Å². The summed E-state index contributed by atoms with van der Waals surface area (Å²) in [6, 6.07) is 15.2. The monoisotopic (exact) mass is 443 g/mol. The molecule has 1 aliphatic rings. The van der Waals surface area contributed by atoms with Crippen LogP contribution in [0.4, 0.5) is 11.5 Å². The number of rotatable bonds is 7. The zero-order chi connectivity index (χ0) is 22.6. The molecule has 0 aliphatic carbocycles. The number of carbonyl (C=O) groups is 1. The van der Waals surface area contributed by atoms with E-state index in [-0.39, 0.29) is 12.0 Å². The molecule has 0 radical (unpaired) electrons. The van der Waals surface area contributed by atoms with Gasteiger partial charge in [0, 0.05) is 42.4 Å². The van der Waals surface area contributed by atoms with Crippen molar-refractivity contribution in [3.8, 4) is 17.0 Å². The van der Waals surface area contributed by atoms with Crippen molar-refractivity contribution in [2.45, 2.75) is 18.9 Å². The van der Waals surface area contributed by atoms with E-state index in [0.717, 1.165) is 53.6 Å². The standard InChI is InChI=1S/C25H25N5O3/c1-32-20-10-6-17(7-11-20)23-24(30-13-12-26-16-22(30)29-23)28-19-8-4-18(5-9-19)25(31)27-15-21-3-2-14-33-21/h4-13,16,21,28H,2-3,14-15H2,1H3,(H,27,31)/t21-/m0/s1. The van der Waals surface area contributed by atoms with Gasteiger partial charge in [0.2, 0.25) is 0 Å². The smallest absolute Gasteiger partial charge is 0.251 e. The normalized spacial score (nSPS) is 15.5. The largest absolute Gasteiger partial charge is 0.497 e. The van der Waals surface area contributed by atoms with Gasteiger partial charge in [-0.1, -0.05) is 0 Å². The summed E-state index contributed by atoms with van der Waals surface area (Å²) < 4.78 is 12.8. The summed E-state index contributed by atoms with van der Waals surface area (Å²) >= 11 is 0. The molecule has 1 atom stereocenters. The Morgan fingerprint density at radius 1 is 1.18 bits per heavy atom. The van der Waals surface area contributed by atoms with Crippen LogP contribution in [-0.2, 0) is 4.74 Å². The van der Waals surface area contributed by atoms with Crippen LogP contribution >= 0.6 is 0 Å². The Kier molecular flexibility index (Phi) is 5.91. The highest BCUT2D eigenvalue weighted by Gasteiger charge is 2.17. The number of amides is 1. The lowest BCUT2D eigenvalue weighted by Crippen LogP contribution is -2.31. The van der Waals surface area contributed by atoms with Crippen LogP contribution in [0.2, 0.25) is 0 Å². The topological polar surface area (TPSA) is 89.8 Å². The Bertz CT molecular complexity index is 1250. The van der Waals surface area contributed by atoms with E-state index in [9.17, 15) is 4.79 Å². The molecule has 33 heavy (non-hydrogen) atoms. The first-order chi connectivity index (χ1) is 16.2. The van der Waals surface area contributed by atoms with E-state index in [1.807, 2.05) is 59.1 Å². The first-order valence-electron chi connectivity index (χ1n) is 10.9. The van der Waals surface area contributed by atoms with Crippen LogP contribution in [0.25, 0.3) is 16.9 Å². The maximum atomic E-state index is 12.5. The van der Waals surface area contributed by atoms with E-state index < -0.39 is 0 Å². The Hall–Kier alpha value is -3.91. The zero-order valence-corrected chi connectivity index (χ0v) is 18.3. The molecule has 2 aromatic heterocycles. The fourth-order valence-electron chi connectivity index (χ4n) is 3.93. The number of imidazole rings is 1. The van der Waals surface area contributed by atoms with Crippen LogP contribution in [0.15, 0.2) is 67.1 Å². The number of aromatic nitrogens is 3. The molecule has 2 N–H and O–H groups in total. The maximum absolute atomic E-state index is 12.5. The molecule has 0 bridgehead atoms. The third-order valence-corrected chi connectivity index (χ3v) is 5.72. The van der Waals surface area contributed by atoms with Crippen molar-refractivity contribution in [1.29, 1.82) is 0 Å². The van der Waals surface area contributed by atoms with Crippen LogP contribution in [0.3, 0.4) is 0 Å². The lowest BCUT2D eigenvalue weighted by Gasteiger charge is -2.12. The molecule has 1 saturated heterocycles. The van der Waals surface area contributed by atoms with Crippen LogP contribution in [0.1, 0.15) is 23.2 Å². The number of hydrogen-bond donors (Lipinski definition) is 2. The van der Waals surface area contributed by atoms with E-state index in [1.165, 1.54) is 0 Å². The van der Waals surface area contributed by atoms with Crippen molar-refractivity contribution >= 4 is 23.1 Å². The predicted molar refractivity (Wildman–Crippen MR) is 126 cm³/mol. The van der Waals surface area contributed by atoms with Gasteiger partial charge >= 0.3 is 0 Å². The second kappa shape index (κ2) is 9.30. The first-order valence-corrected chi connectivity index (χ1v) is 10.9. The maximum Gasteiger partial charge on any atom is 0.251 e. The summed E-state index contributed by atoms with van der Waals surface area (Å²) in [5.74, 6) is 1.50. The highest BCUT2D eigenvalue weighted by Crippen LogP contribution is 2.32. The average molecular weight is 444 g/mol. The quantitative estimate of drug-likeness (QED) is 0.448. The number of hydrogen-bond acceptors (Lipinski definition) is 6. The number of nitrogens with one attached hydrogen (secondary N) is 2. The molecule has 168 valence electrons. The summed E-state index contributed by atoms with van der Waals surface area (Å²) in [5.41, 5.74) is 3.93. The van der Waals surface area contributed by atoms with Crippen LogP contribution in [0.5, 0.6) is 5.75 Å². The van der Waals surface area contributed by atoms with Gasteiger partial charge in [-0.05, 0) is 61.4 Å². The van der Waals surface area contributed by atoms with Crippen LogP contribution in [-0.4, -0.2) is 46.6 Å². The third-order valence-electron chi connectivity index (χ3n) is 5.72. The number of anilines is 2. The summed E-state index contributed by atoms with van der Waals surface area (Å²) in [7, 11) is 1.64. The molecule has 0 saturated carbocycles. The van der Waals surface area contributed by atoms with Crippen molar-refractivity contribution in [3.63, 3.8) is 0 Å². The van der Waals surface area contributed by atoms with Gasteiger partial charge < -0.3 is 20.1 Å². The van der Waals surface area contributed by atoms with E-state index in [4.69, 9.17) is 14.5 Å². The van der Waals surface area contributed by atoms with Crippen molar-refractivity contribution in [2.24, 2.45) is 0 Å². The summed E-state index contributed by atoms with van der Waals surface area (Å²) in [6.07, 6.45) is 7.48. The van der Waals surface area contributed by atoms with Gasteiger partial charge in [-0.25, -0.2) is 4.98 Å². The summed E-state index contributed by atoms with van der Waals surface area (Å²) in [5, 5.41) is 6.41.